The number of aryl methyl sites for hydroxylation is 1. The van der Waals surface area contributed by atoms with Crippen LogP contribution in [0.2, 0.25) is 5.02 Å². The number of hydrogen-bond donors (Lipinski definition) is 0. The van der Waals surface area contributed by atoms with E-state index in [0.717, 1.165) is 7.11 Å². The molecule has 0 radical (unpaired) electrons. The van der Waals surface area contributed by atoms with Crippen LogP contribution in [0.5, 0.6) is 0 Å². The summed E-state index contributed by atoms with van der Waals surface area (Å²) in [6.07, 6.45) is -1.58. The predicted octanol–water partition coefficient (Wildman–Crippen LogP) is 2.77. The molecule has 0 saturated carbocycles. The molecule has 0 atom stereocenters. The van der Waals surface area contributed by atoms with Crippen molar-refractivity contribution >= 4 is 17.6 Å². The molecule has 15 heavy (non-hydrogen) atoms. The summed E-state index contributed by atoms with van der Waals surface area (Å²) in [5.74, 6) is -0.832. The number of rotatable bonds is 2. The van der Waals surface area contributed by atoms with Gasteiger partial charge in [-0.25, -0.2) is 18.6 Å². The lowest BCUT2D eigenvalue weighted by atomic mass is 10.1. The number of halogens is 3. The summed E-state index contributed by atoms with van der Waals surface area (Å²) < 4.78 is 29.5. The summed E-state index contributed by atoms with van der Waals surface area (Å²) in [4.78, 5) is 14.8. The first-order valence-corrected chi connectivity index (χ1v) is 4.38. The van der Waals surface area contributed by atoms with E-state index in [0.29, 0.717) is 0 Å². The van der Waals surface area contributed by atoms with Crippen LogP contribution in [0.25, 0.3) is 0 Å². The zero-order valence-electron chi connectivity index (χ0n) is 8.05. The predicted molar refractivity (Wildman–Crippen MR) is 50.3 cm³/mol. The molecule has 0 aromatic carbocycles. The maximum atomic E-state index is 12.6. The smallest absolute Gasteiger partial charge is 0.358 e. The van der Waals surface area contributed by atoms with Crippen molar-refractivity contribution in [3.8, 4) is 0 Å². The fourth-order valence-electron chi connectivity index (χ4n) is 1.10. The molecule has 0 saturated heterocycles. The third-order valence-corrected chi connectivity index (χ3v) is 2.24. The Morgan fingerprint density at radius 2 is 2.20 bits per heavy atom. The van der Waals surface area contributed by atoms with Gasteiger partial charge in [-0.3, -0.25) is 0 Å². The first-order valence-electron chi connectivity index (χ1n) is 4.00. The zero-order chi connectivity index (χ0) is 11.6. The first kappa shape index (κ1) is 11.8. The van der Waals surface area contributed by atoms with E-state index >= 15 is 0 Å². The molecule has 0 aliphatic carbocycles. The van der Waals surface area contributed by atoms with Crippen LogP contribution in [0.1, 0.15) is 28.0 Å². The molecule has 1 heterocycles. The lowest BCUT2D eigenvalue weighted by Gasteiger charge is -2.09. The second kappa shape index (κ2) is 4.53. The largest absolute Gasteiger partial charge is 0.464 e. The zero-order valence-corrected chi connectivity index (χ0v) is 8.81. The Morgan fingerprint density at radius 3 is 2.67 bits per heavy atom. The number of carbonyl (C=O) groups excluding carboxylic acids is 1. The highest BCUT2D eigenvalue weighted by Gasteiger charge is 2.22. The van der Waals surface area contributed by atoms with Crippen molar-refractivity contribution in [1.29, 1.82) is 0 Å². The van der Waals surface area contributed by atoms with Gasteiger partial charge in [0.05, 0.1) is 12.1 Å². The van der Waals surface area contributed by atoms with Crippen molar-refractivity contribution in [2.24, 2.45) is 0 Å². The number of esters is 1. The summed E-state index contributed by atoms with van der Waals surface area (Å²) in [5.41, 5.74) is -0.435. The van der Waals surface area contributed by atoms with Crippen molar-refractivity contribution in [3.63, 3.8) is 0 Å². The van der Waals surface area contributed by atoms with Gasteiger partial charge < -0.3 is 4.74 Å². The molecule has 0 aliphatic heterocycles. The quantitative estimate of drug-likeness (QED) is 0.740. The molecule has 0 bridgehead atoms. The summed E-state index contributed by atoms with van der Waals surface area (Å²) in [6.45, 7) is 1.45. The van der Waals surface area contributed by atoms with Gasteiger partial charge in [0, 0.05) is 11.8 Å². The summed E-state index contributed by atoms with van der Waals surface area (Å²) in [7, 11) is 1.13. The Labute approximate surface area is 90.0 Å². The molecule has 0 unspecified atom stereocenters. The molecule has 0 N–H and O–H groups in total. The topological polar surface area (TPSA) is 39.2 Å². The Hall–Kier alpha value is -1.23. The van der Waals surface area contributed by atoms with Crippen molar-refractivity contribution in [2.75, 3.05) is 7.11 Å². The molecule has 1 aromatic heterocycles. The average molecular weight is 236 g/mol. The van der Waals surface area contributed by atoms with Crippen molar-refractivity contribution < 1.29 is 18.3 Å². The molecule has 0 fully saturated rings. The SMILES string of the molecule is COC(=O)c1ncc(C)c(C(F)F)c1Cl. The second-order valence-electron chi connectivity index (χ2n) is 2.81. The van der Waals surface area contributed by atoms with Gasteiger partial charge in [-0.15, -0.1) is 0 Å². The van der Waals surface area contributed by atoms with E-state index < -0.39 is 12.4 Å². The second-order valence-corrected chi connectivity index (χ2v) is 3.19. The van der Waals surface area contributed by atoms with Gasteiger partial charge in [0.1, 0.15) is 0 Å². The lowest BCUT2D eigenvalue weighted by Crippen LogP contribution is -2.08. The van der Waals surface area contributed by atoms with Crippen molar-refractivity contribution in [1.82, 2.24) is 4.98 Å². The Balaban J connectivity index is 3.35. The molecule has 1 aromatic rings. The molecule has 6 heteroatoms. The number of hydrogen-bond acceptors (Lipinski definition) is 3. The van der Waals surface area contributed by atoms with Gasteiger partial charge in [-0.05, 0) is 12.5 Å². The number of carbonyl (C=O) groups is 1. The van der Waals surface area contributed by atoms with Crippen LogP contribution < -0.4 is 0 Å². The van der Waals surface area contributed by atoms with E-state index in [2.05, 4.69) is 9.72 Å². The van der Waals surface area contributed by atoms with Crippen molar-refractivity contribution in [3.05, 3.63) is 28.0 Å². The van der Waals surface area contributed by atoms with Gasteiger partial charge in [-0.1, -0.05) is 11.6 Å². The van der Waals surface area contributed by atoms with Crippen LogP contribution >= 0.6 is 11.6 Å². The van der Waals surface area contributed by atoms with Crippen LogP contribution in [0.3, 0.4) is 0 Å². The Bertz CT molecular complexity index is 396. The molecular formula is C9H8ClF2NO2. The molecule has 3 nitrogen and oxygen atoms in total. The average Bonchev–Trinajstić information content (AvgIpc) is 2.16. The Morgan fingerprint density at radius 1 is 1.60 bits per heavy atom. The highest BCUT2D eigenvalue weighted by Crippen LogP contribution is 2.31. The van der Waals surface area contributed by atoms with Gasteiger partial charge in [-0.2, -0.15) is 0 Å². The lowest BCUT2D eigenvalue weighted by molar-refractivity contribution is 0.0593. The van der Waals surface area contributed by atoms with Crippen LogP contribution in [0.4, 0.5) is 8.78 Å². The minimum absolute atomic E-state index is 0.239. The monoisotopic (exact) mass is 235 g/mol. The Kier molecular flexibility index (Phi) is 3.57. The van der Waals surface area contributed by atoms with Gasteiger partial charge in [0.15, 0.2) is 5.69 Å². The van der Waals surface area contributed by atoms with Gasteiger partial charge in [0.25, 0.3) is 6.43 Å². The van der Waals surface area contributed by atoms with Crippen LogP contribution in [0, 0.1) is 6.92 Å². The van der Waals surface area contributed by atoms with E-state index in [1.54, 1.807) is 0 Å². The van der Waals surface area contributed by atoms with Crippen LogP contribution in [0.15, 0.2) is 6.20 Å². The molecule has 1 rings (SSSR count). The summed E-state index contributed by atoms with van der Waals surface area (Å²) >= 11 is 5.64. The maximum absolute atomic E-state index is 12.6. The number of alkyl halides is 2. The van der Waals surface area contributed by atoms with E-state index in [1.165, 1.54) is 13.1 Å². The first-order chi connectivity index (χ1) is 6.99. The fraction of sp³-hybridized carbons (Fsp3) is 0.333. The number of pyridine rings is 1. The van der Waals surface area contributed by atoms with Crippen molar-refractivity contribution in [2.45, 2.75) is 13.3 Å². The molecule has 0 spiro atoms. The minimum atomic E-state index is -2.75. The maximum Gasteiger partial charge on any atom is 0.358 e. The normalized spacial score (nSPS) is 10.5. The van der Waals surface area contributed by atoms with Gasteiger partial charge >= 0.3 is 5.97 Å². The van der Waals surface area contributed by atoms with E-state index in [-0.39, 0.29) is 21.8 Å². The molecule has 0 amide bonds. The molecule has 82 valence electrons. The molecular weight excluding hydrogens is 228 g/mol. The number of ether oxygens (including phenoxy) is 1. The highest BCUT2D eigenvalue weighted by molar-refractivity contribution is 6.34. The van der Waals surface area contributed by atoms with Crippen LogP contribution in [-0.2, 0) is 4.74 Å². The third kappa shape index (κ3) is 2.23. The molecule has 0 aliphatic rings. The number of methoxy groups -OCH3 is 1. The minimum Gasteiger partial charge on any atom is -0.464 e. The fourth-order valence-corrected chi connectivity index (χ4v) is 1.45. The van der Waals surface area contributed by atoms with E-state index in [1.807, 2.05) is 0 Å². The third-order valence-electron chi connectivity index (χ3n) is 1.85. The standard InChI is InChI=1S/C9H8ClF2NO2/c1-4-3-13-7(9(14)15-2)6(10)5(4)8(11)12/h3,8H,1-2H3. The van der Waals surface area contributed by atoms with Gasteiger partial charge in [0.2, 0.25) is 0 Å². The van der Waals surface area contributed by atoms with E-state index in [4.69, 9.17) is 11.6 Å². The number of aromatic nitrogens is 1. The number of nitrogens with zero attached hydrogens (tertiary/aromatic N) is 1. The van der Waals surface area contributed by atoms with E-state index in [9.17, 15) is 13.6 Å². The summed E-state index contributed by atoms with van der Waals surface area (Å²) in [6, 6.07) is 0. The summed E-state index contributed by atoms with van der Waals surface area (Å²) in [5, 5.41) is -0.350. The highest BCUT2D eigenvalue weighted by atomic mass is 35.5. The van der Waals surface area contributed by atoms with Crippen LogP contribution in [-0.4, -0.2) is 18.1 Å².